The van der Waals surface area contributed by atoms with Crippen LogP contribution in [-0.2, 0) is 11.3 Å². The van der Waals surface area contributed by atoms with E-state index in [1.165, 1.54) is 6.07 Å². The molecule has 0 unspecified atom stereocenters. The van der Waals surface area contributed by atoms with Gasteiger partial charge in [0.05, 0.1) is 4.92 Å². The van der Waals surface area contributed by atoms with Crippen molar-refractivity contribution in [2.75, 3.05) is 6.54 Å². The molecule has 0 fully saturated rings. The second-order valence-corrected chi connectivity index (χ2v) is 5.37. The summed E-state index contributed by atoms with van der Waals surface area (Å²) >= 11 is 1.08. The summed E-state index contributed by atoms with van der Waals surface area (Å²) in [5.74, 6) is 0. The van der Waals surface area contributed by atoms with Crippen LogP contribution in [0, 0.1) is 10.1 Å². The summed E-state index contributed by atoms with van der Waals surface area (Å²) in [6.07, 6.45) is 2.92. The Labute approximate surface area is 131 Å². The van der Waals surface area contributed by atoms with Crippen molar-refractivity contribution in [3.05, 3.63) is 69.1 Å². The van der Waals surface area contributed by atoms with E-state index in [1.54, 1.807) is 18.2 Å². The van der Waals surface area contributed by atoms with Gasteiger partial charge in [-0.3, -0.25) is 10.1 Å². The van der Waals surface area contributed by atoms with Gasteiger partial charge in [0, 0.05) is 17.5 Å². The van der Waals surface area contributed by atoms with E-state index in [1.807, 2.05) is 30.3 Å². The monoisotopic (exact) mass is 318 g/mol. The van der Waals surface area contributed by atoms with Crippen LogP contribution in [0.2, 0.25) is 0 Å². The van der Waals surface area contributed by atoms with Crippen molar-refractivity contribution in [1.29, 1.82) is 0 Å². The summed E-state index contributed by atoms with van der Waals surface area (Å²) < 4.78 is 5.05. The Morgan fingerprint density at radius 2 is 2.05 bits per heavy atom. The summed E-state index contributed by atoms with van der Waals surface area (Å²) in [4.78, 5) is 22.3. The number of nitrogens with zero attached hydrogens (tertiary/aromatic N) is 1. The van der Waals surface area contributed by atoms with Crippen LogP contribution in [0.3, 0.4) is 0 Å². The average molecular weight is 318 g/mol. The van der Waals surface area contributed by atoms with Gasteiger partial charge in [0.2, 0.25) is 0 Å². The van der Waals surface area contributed by atoms with Crippen molar-refractivity contribution in [3.63, 3.8) is 0 Å². The van der Waals surface area contributed by atoms with Crippen LogP contribution in [0.15, 0.2) is 48.5 Å². The molecule has 0 saturated carbocycles. The number of rotatable bonds is 6. The van der Waals surface area contributed by atoms with E-state index in [2.05, 4.69) is 5.32 Å². The minimum Gasteiger partial charge on any atom is -0.445 e. The van der Waals surface area contributed by atoms with E-state index in [0.717, 1.165) is 21.8 Å². The molecule has 0 atom stereocenters. The fourth-order valence-corrected chi connectivity index (χ4v) is 2.37. The molecule has 2 rings (SSSR count). The molecule has 0 aliphatic heterocycles. The first kappa shape index (κ1) is 15.7. The first-order valence-corrected chi connectivity index (χ1v) is 7.32. The molecular formula is C15H14N2O4S. The third-order valence-electron chi connectivity index (χ3n) is 2.65. The zero-order valence-electron chi connectivity index (χ0n) is 11.6. The molecule has 0 radical (unpaired) electrons. The molecule has 1 aromatic carbocycles. The van der Waals surface area contributed by atoms with E-state index in [-0.39, 0.29) is 11.6 Å². The van der Waals surface area contributed by atoms with Crippen LogP contribution in [0.5, 0.6) is 0 Å². The lowest BCUT2D eigenvalue weighted by Crippen LogP contribution is -2.24. The number of carbonyl (C=O) groups is 1. The fraction of sp³-hybridized carbons (Fsp3) is 0.133. The molecule has 0 spiro atoms. The van der Waals surface area contributed by atoms with Crippen LogP contribution in [0.1, 0.15) is 10.4 Å². The molecule has 114 valence electrons. The lowest BCUT2D eigenvalue weighted by Gasteiger charge is -2.04. The Bertz CT molecular complexity index is 667. The van der Waals surface area contributed by atoms with Gasteiger partial charge in [-0.2, -0.15) is 0 Å². The van der Waals surface area contributed by atoms with Gasteiger partial charge in [0.15, 0.2) is 0 Å². The zero-order chi connectivity index (χ0) is 15.8. The van der Waals surface area contributed by atoms with Crippen LogP contribution in [-0.4, -0.2) is 17.6 Å². The summed E-state index contributed by atoms with van der Waals surface area (Å²) in [6, 6.07) is 12.5. The molecule has 22 heavy (non-hydrogen) atoms. The van der Waals surface area contributed by atoms with Crippen molar-refractivity contribution < 1.29 is 14.5 Å². The highest BCUT2D eigenvalue weighted by Gasteiger charge is 2.07. The van der Waals surface area contributed by atoms with Gasteiger partial charge in [0.1, 0.15) is 6.61 Å². The SMILES string of the molecule is O=C(NCC=Cc1ccc([N+](=O)[O-])s1)OCc1ccccc1. The topological polar surface area (TPSA) is 81.5 Å². The van der Waals surface area contributed by atoms with Crippen LogP contribution in [0.4, 0.5) is 9.80 Å². The molecule has 0 aliphatic carbocycles. The Kier molecular flexibility index (Phi) is 5.67. The molecule has 0 bridgehead atoms. The predicted molar refractivity (Wildman–Crippen MR) is 84.6 cm³/mol. The summed E-state index contributed by atoms with van der Waals surface area (Å²) in [6.45, 7) is 0.507. The Morgan fingerprint density at radius 1 is 1.27 bits per heavy atom. The van der Waals surface area contributed by atoms with Gasteiger partial charge >= 0.3 is 11.1 Å². The Balaban J connectivity index is 1.70. The van der Waals surface area contributed by atoms with Crippen LogP contribution in [0.25, 0.3) is 6.08 Å². The smallest absolute Gasteiger partial charge is 0.407 e. The molecule has 6 nitrogen and oxygen atoms in total. The minimum absolute atomic E-state index is 0.0925. The van der Waals surface area contributed by atoms with E-state index >= 15 is 0 Å². The fourth-order valence-electron chi connectivity index (χ4n) is 1.62. The maximum Gasteiger partial charge on any atom is 0.407 e. The zero-order valence-corrected chi connectivity index (χ0v) is 12.4. The van der Waals surface area contributed by atoms with Gasteiger partial charge in [0.25, 0.3) is 0 Å². The molecule has 1 aromatic heterocycles. The molecule has 2 aromatic rings. The number of nitrogens with one attached hydrogen (secondary N) is 1. The third kappa shape index (κ3) is 5.02. The van der Waals surface area contributed by atoms with Crippen molar-refractivity contribution in [2.24, 2.45) is 0 Å². The number of thiophene rings is 1. The van der Waals surface area contributed by atoms with E-state index in [0.29, 0.717) is 6.54 Å². The van der Waals surface area contributed by atoms with E-state index in [4.69, 9.17) is 4.74 Å². The quantitative estimate of drug-likeness (QED) is 0.652. The Morgan fingerprint density at radius 3 is 2.73 bits per heavy atom. The largest absolute Gasteiger partial charge is 0.445 e. The highest BCUT2D eigenvalue weighted by molar-refractivity contribution is 7.16. The standard InChI is InChI=1S/C15H14N2O4S/c18-15(21-11-12-5-2-1-3-6-12)16-10-4-7-13-8-9-14(22-13)17(19)20/h1-9H,10-11H2,(H,16,18). The highest BCUT2D eigenvalue weighted by atomic mass is 32.1. The van der Waals surface area contributed by atoms with Gasteiger partial charge in [-0.15, -0.1) is 0 Å². The molecule has 0 saturated heterocycles. The second-order valence-electron chi connectivity index (χ2n) is 4.28. The Hall–Kier alpha value is -2.67. The third-order valence-corrected chi connectivity index (χ3v) is 3.65. The van der Waals surface area contributed by atoms with E-state index in [9.17, 15) is 14.9 Å². The summed E-state index contributed by atoms with van der Waals surface area (Å²) in [5.41, 5.74) is 0.916. The molecule has 7 heteroatoms. The van der Waals surface area contributed by atoms with Crippen LogP contribution < -0.4 is 5.32 Å². The minimum atomic E-state index is -0.509. The van der Waals surface area contributed by atoms with Gasteiger partial charge in [-0.05, 0) is 17.7 Å². The van der Waals surface area contributed by atoms with Crippen molar-refractivity contribution in [3.8, 4) is 0 Å². The predicted octanol–water partition coefficient (Wildman–Crippen LogP) is 3.60. The number of nitro groups is 1. The first-order valence-electron chi connectivity index (χ1n) is 6.50. The van der Waals surface area contributed by atoms with Crippen molar-refractivity contribution >= 4 is 28.5 Å². The maximum absolute atomic E-state index is 11.5. The number of hydrogen-bond donors (Lipinski definition) is 1. The van der Waals surface area contributed by atoms with Gasteiger partial charge in [-0.1, -0.05) is 47.7 Å². The molecule has 1 N–H and O–H groups in total. The average Bonchev–Trinajstić information content (AvgIpc) is 3.00. The molecule has 1 amide bonds. The first-order chi connectivity index (χ1) is 10.6. The normalized spacial score (nSPS) is 10.5. The summed E-state index contributed by atoms with van der Waals surface area (Å²) in [7, 11) is 0. The lowest BCUT2D eigenvalue weighted by atomic mass is 10.2. The van der Waals surface area contributed by atoms with Crippen molar-refractivity contribution in [1.82, 2.24) is 5.32 Å². The van der Waals surface area contributed by atoms with Gasteiger partial charge < -0.3 is 10.1 Å². The van der Waals surface area contributed by atoms with Crippen LogP contribution >= 0.6 is 11.3 Å². The van der Waals surface area contributed by atoms with Gasteiger partial charge in [-0.25, -0.2) is 4.79 Å². The highest BCUT2D eigenvalue weighted by Crippen LogP contribution is 2.24. The maximum atomic E-state index is 11.5. The number of alkyl carbamates (subject to hydrolysis) is 1. The second kappa shape index (κ2) is 7.94. The number of amides is 1. The molecule has 0 aliphatic rings. The summed E-state index contributed by atoms with van der Waals surface area (Å²) in [5, 5.41) is 13.2. The number of benzene rings is 1. The molecule has 1 heterocycles. The number of hydrogen-bond acceptors (Lipinski definition) is 5. The van der Waals surface area contributed by atoms with E-state index < -0.39 is 11.0 Å². The molecular weight excluding hydrogens is 304 g/mol. The number of ether oxygens (including phenoxy) is 1. The van der Waals surface area contributed by atoms with Crippen molar-refractivity contribution in [2.45, 2.75) is 6.61 Å². The lowest BCUT2D eigenvalue weighted by molar-refractivity contribution is -0.380. The number of carbonyl (C=O) groups excluding carboxylic acids is 1.